The van der Waals surface area contributed by atoms with E-state index < -0.39 is 0 Å². The Morgan fingerprint density at radius 3 is 2.75 bits per heavy atom. The predicted molar refractivity (Wildman–Crippen MR) is 66.4 cm³/mol. The van der Waals surface area contributed by atoms with Crippen LogP contribution in [0.25, 0.3) is 0 Å². The average Bonchev–Trinajstić information content (AvgIpc) is 2.71. The Morgan fingerprint density at radius 2 is 2.12 bits per heavy atom. The van der Waals surface area contributed by atoms with Crippen LogP contribution in [0.1, 0.15) is 23.1 Å². The zero-order chi connectivity index (χ0) is 11.5. The lowest BCUT2D eigenvalue weighted by Gasteiger charge is -2.16. The van der Waals surface area contributed by atoms with Crippen LogP contribution in [0, 0.1) is 19.8 Å². The maximum Gasteiger partial charge on any atom is 0.0471 e. The summed E-state index contributed by atoms with van der Waals surface area (Å²) in [6.07, 6.45) is 1.14. The third-order valence-electron chi connectivity index (χ3n) is 3.61. The molecule has 0 amide bonds. The van der Waals surface area contributed by atoms with E-state index in [9.17, 15) is 0 Å². The van der Waals surface area contributed by atoms with Crippen molar-refractivity contribution < 1.29 is 5.11 Å². The molecule has 2 heteroatoms. The van der Waals surface area contributed by atoms with Crippen molar-refractivity contribution in [2.75, 3.05) is 19.7 Å². The van der Waals surface area contributed by atoms with Gasteiger partial charge in [-0.05, 0) is 49.4 Å². The van der Waals surface area contributed by atoms with Gasteiger partial charge in [0.1, 0.15) is 0 Å². The molecule has 2 nitrogen and oxygen atoms in total. The molecule has 1 heterocycles. The number of likely N-dealkylation sites (tertiary alicyclic amines) is 1. The first-order valence-corrected chi connectivity index (χ1v) is 6.08. The van der Waals surface area contributed by atoms with Gasteiger partial charge in [0.15, 0.2) is 0 Å². The summed E-state index contributed by atoms with van der Waals surface area (Å²) in [5.74, 6) is 0.492. The van der Waals surface area contributed by atoms with Gasteiger partial charge in [-0.2, -0.15) is 0 Å². The number of aliphatic hydroxyl groups excluding tert-OH is 1. The first-order chi connectivity index (χ1) is 7.69. The van der Waals surface area contributed by atoms with Crippen LogP contribution in [0.2, 0.25) is 0 Å². The molecule has 0 saturated carbocycles. The fraction of sp³-hybridized carbons (Fsp3) is 0.571. The first kappa shape index (κ1) is 11.6. The molecule has 88 valence electrons. The smallest absolute Gasteiger partial charge is 0.0471 e. The van der Waals surface area contributed by atoms with E-state index in [2.05, 4.69) is 36.9 Å². The van der Waals surface area contributed by atoms with Gasteiger partial charge in [-0.1, -0.05) is 18.2 Å². The zero-order valence-corrected chi connectivity index (χ0v) is 10.2. The van der Waals surface area contributed by atoms with E-state index in [4.69, 9.17) is 5.11 Å². The number of aliphatic hydroxyl groups is 1. The van der Waals surface area contributed by atoms with Crippen molar-refractivity contribution in [3.63, 3.8) is 0 Å². The monoisotopic (exact) mass is 219 g/mol. The molecule has 1 saturated heterocycles. The molecule has 1 aliphatic heterocycles. The van der Waals surface area contributed by atoms with Crippen LogP contribution in [-0.4, -0.2) is 29.7 Å². The number of nitrogens with zero attached hydrogens (tertiary/aromatic N) is 1. The highest BCUT2D eigenvalue weighted by atomic mass is 16.3. The third kappa shape index (κ3) is 2.63. The van der Waals surface area contributed by atoms with Crippen molar-refractivity contribution in [1.29, 1.82) is 0 Å². The molecule has 2 rings (SSSR count). The minimum Gasteiger partial charge on any atom is -0.396 e. The van der Waals surface area contributed by atoms with Crippen LogP contribution in [0.3, 0.4) is 0 Å². The largest absolute Gasteiger partial charge is 0.396 e. The molecule has 1 atom stereocenters. The molecule has 16 heavy (non-hydrogen) atoms. The van der Waals surface area contributed by atoms with Gasteiger partial charge in [0.05, 0.1) is 0 Å². The van der Waals surface area contributed by atoms with Crippen molar-refractivity contribution in [3.05, 3.63) is 34.9 Å². The Bertz CT molecular complexity index is 362. The summed E-state index contributed by atoms with van der Waals surface area (Å²) in [6.45, 7) is 7.85. The van der Waals surface area contributed by atoms with Crippen molar-refractivity contribution in [3.8, 4) is 0 Å². The summed E-state index contributed by atoms with van der Waals surface area (Å²) in [6, 6.07) is 6.69. The molecule has 1 N–H and O–H groups in total. The van der Waals surface area contributed by atoms with E-state index in [1.54, 1.807) is 0 Å². The molecular weight excluding hydrogens is 198 g/mol. The van der Waals surface area contributed by atoms with Gasteiger partial charge < -0.3 is 5.11 Å². The Labute approximate surface area is 97.9 Å². The number of rotatable bonds is 3. The molecule has 1 fully saturated rings. The van der Waals surface area contributed by atoms with Gasteiger partial charge in [0, 0.05) is 19.7 Å². The topological polar surface area (TPSA) is 23.5 Å². The van der Waals surface area contributed by atoms with Crippen LogP contribution in [0.15, 0.2) is 18.2 Å². The van der Waals surface area contributed by atoms with E-state index >= 15 is 0 Å². The normalized spacial score (nSPS) is 21.6. The van der Waals surface area contributed by atoms with Crippen LogP contribution in [0.5, 0.6) is 0 Å². The molecule has 0 radical (unpaired) electrons. The number of hydrogen-bond donors (Lipinski definition) is 1. The summed E-state index contributed by atoms with van der Waals surface area (Å²) < 4.78 is 0. The number of hydrogen-bond acceptors (Lipinski definition) is 2. The van der Waals surface area contributed by atoms with Crippen molar-refractivity contribution in [2.24, 2.45) is 5.92 Å². The number of aryl methyl sites for hydroxylation is 2. The zero-order valence-electron chi connectivity index (χ0n) is 10.2. The Morgan fingerprint density at radius 1 is 1.31 bits per heavy atom. The SMILES string of the molecule is Cc1ccc(CN2CCC(CO)C2)cc1C. The lowest BCUT2D eigenvalue weighted by molar-refractivity contribution is 0.220. The molecule has 1 aromatic carbocycles. The first-order valence-electron chi connectivity index (χ1n) is 6.08. The lowest BCUT2D eigenvalue weighted by Crippen LogP contribution is -2.21. The summed E-state index contributed by atoms with van der Waals surface area (Å²) in [5.41, 5.74) is 4.12. The lowest BCUT2D eigenvalue weighted by atomic mass is 10.1. The second-order valence-electron chi connectivity index (χ2n) is 4.99. The third-order valence-corrected chi connectivity index (χ3v) is 3.61. The van der Waals surface area contributed by atoms with Crippen LogP contribution in [-0.2, 0) is 6.54 Å². The molecule has 0 aliphatic carbocycles. The second-order valence-corrected chi connectivity index (χ2v) is 4.99. The summed E-state index contributed by atoms with van der Waals surface area (Å²) in [4.78, 5) is 2.44. The molecular formula is C14H21NO. The van der Waals surface area contributed by atoms with Gasteiger partial charge in [-0.25, -0.2) is 0 Å². The van der Waals surface area contributed by atoms with Gasteiger partial charge in [0.2, 0.25) is 0 Å². The maximum absolute atomic E-state index is 9.10. The molecule has 1 aromatic rings. The maximum atomic E-state index is 9.10. The van der Waals surface area contributed by atoms with Crippen LogP contribution < -0.4 is 0 Å². The molecule has 0 bridgehead atoms. The highest BCUT2D eigenvalue weighted by Gasteiger charge is 2.21. The minimum absolute atomic E-state index is 0.337. The molecule has 0 spiro atoms. The van der Waals surface area contributed by atoms with Crippen molar-refractivity contribution in [1.82, 2.24) is 4.90 Å². The van der Waals surface area contributed by atoms with E-state index in [-0.39, 0.29) is 0 Å². The van der Waals surface area contributed by atoms with Crippen molar-refractivity contribution in [2.45, 2.75) is 26.8 Å². The summed E-state index contributed by atoms with van der Waals surface area (Å²) in [5, 5.41) is 9.10. The van der Waals surface area contributed by atoms with Crippen LogP contribution >= 0.6 is 0 Å². The van der Waals surface area contributed by atoms with Gasteiger partial charge in [0.25, 0.3) is 0 Å². The summed E-state index contributed by atoms with van der Waals surface area (Å²) >= 11 is 0. The predicted octanol–water partition coefficient (Wildman–Crippen LogP) is 2.12. The average molecular weight is 219 g/mol. The van der Waals surface area contributed by atoms with Gasteiger partial charge in [-0.3, -0.25) is 4.90 Å². The van der Waals surface area contributed by atoms with Gasteiger partial charge in [-0.15, -0.1) is 0 Å². The van der Waals surface area contributed by atoms with Crippen LogP contribution in [0.4, 0.5) is 0 Å². The highest BCUT2D eigenvalue weighted by Crippen LogP contribution is 2.19. The quantitative estimate of drug-likeness (QED) is 0.841. The van der Waals surface area contributed by atoms with Crippen molar-refractivity contribution >= 4 is 0 Å². The second kappa shape index (κ2) is 4.98. The molecule has 0 aromatic heterocycles. The van der Waals surface area contributed by atoms with E-state index in [1.165, 1.54) is 16.7 Å². The Kier molecular flexibility index (Phi) is 3.62. The summed E-state index contributed by atoms with van der Waals surface area (Å²) in [7, 11) is 0. The molecule has 1 unspecified atom stereocenters. The molecule has 1 aliphatic rings. The van der Waals surface area contributed by atoms with E-state index in [0.717, 1.165) is 26.1 Å². The highest BCUT2D eigenvalue weighted by molar-refractivity contribution is 5.29. The Hall–Kier alpha value is -0.860. The van der Waals surface area contributed by atoms with E-state index in [1.807, 2.05) is 0 Å². The standard InChI is InChI=1S/C14H21NO/c1-11-3-4-13(7-12(11)2)8-15-6-5-14(9-15)10-16/h3-4,7,14,16H,5-6,8-10H2,1-2H3. The number of benzene rings is 1. The Balaban J connectivity index is 1.97. The van der Waals surface area contributed by atoms with E-state index in [0.29, 0.717) is 12.5 Å². The fourth-order valence-corrected chi connectivity index (χ4v) is 2.37. The fourth-order valence-electron chi connectivity index (χ4n) is 2.37. The minimum atomic E-state index is 0.337. The van der Waals surface area contributed by atoms with Gasteiger partial charge >= 0.3 is 0 Å².